The average molecular weight is 445 g/mol. The van der Waals surface area contributed by atoms with E-state index in [1.54, 1.807) is 11.1 Å². The van der Waals surface area contributed by atoms with Gasteiger partial charge in [0.05, 0.1) is 16.8 Å². The number of nitrogens with one attached hydrogen (secondary N) is 1. The van der Waals surface area contributed by atoms with Gasteiger partial charge in [-0.3, -0.25) is 9.59 Å². The molecule has 6 heteroatoms. The van der Waals surface area contributed by atoms with Crippen LogP contribution in [0.25, 0.3) is 11.1 Å². The number of hydrogen-bond acceptors (Lipinski definition) is 4. The number of anilines is 1. The molecular formula is C27H28N2O4. The smallest absolute Gasteiger partial charge is 0.303 e. The molecule has 2 aromatic rings. The van der Waals surface area contributed by atoms with Crippen LogP contribution in [-0.2, 0) is 9.59 Å². The quantitative estimate of drug-likeness (QED) is 0.562. The standard InChI is InChI=1S/C27H28N2O4/c1-18-15-21(19-9-4-3-5-10-19)25(32)27(2,16-18)28-17-22-20-11-6-7-12-23(20)29(26(22)33)14-8-13-24(30)31/h3-7,9-12,15-17,25,28,32H,8,13-14H2,1-2H3,(H,30,31). The van der Waals surface area contributed by atoms with Crippen LogP contribution in [0.3, 0.4) is 0 Å². The van der Waals surface area contributed by atoms with Gasteiger partial charge in [0.1, 0.15) is 6.10 Å². The Bertz CT molecular complexity index is 1170. The lowest BCUT2D eigenvalue weighted by Gasteiger charge is -2.37. The minimum absolute atomic E-state index is 0.00613. The number of aliphatic carboxylic acids is 1. The number of allylic oxidation sites excluding steroid dienone is 2. The number of carbonyl (C=O) groups excluding carboxylic acids is 1. The highest BCUT2D eigenvalue weighted by Gasteiger charge is 2.37. The number of carbonyl (C=O) groups is 2. The summed E-state index contributed by atoms with van der Waals surface area (Å²) < 4.78 is 0. The molecule has 1 aliphatic heterocycles. The molecule has 0 spiro atoms. The summed E-state index contributed by atoms with van der Waals surface area (Å²) in [5, 5.41) is 23.5. The molecule has 2 aliphatic rings. The Morgan fingerprint density at radius 1 is 1.15 bits per heavy atom. The molecule has 3 N–H and O–H groups in total. The van der Waals surface area contributed by atoms with Crippen molar-refractivity contribution < 1.29 is 19.8 Å². The number of para-hydroxylation sites is 1. The summed E-state index contributed by atoms with van der Waals surface area (Å²) in [6, 6.07) is 17.2. The molecule has 1 aliphatic carbocycles. The summed E-state index contributed by atoms with van der Waals surface area (Å²) in [6.07, 6.45) is 5.19. The summed E-state index contributed by atoms with van der Waals surface area (Å²) >= 11 is 0. The van der Waals surface area contributed by atoms with Crippen molar-refractivity contribution in [3.63, 3.8) is 0 Å². The van der Waals surface area contributed by atoms with E-state index in [9.17, 15) is 14.7 Å². The molecular weight excluding hydrogens is 416 g/mol. The van der Waals surface area contributed by atoms with Gasteiger partial charge in [0.15, 0.2) is 0 Å². The fraction of sp³-hybridized carbons (Fsp3) is 0.259. The van der Waals surface area contributed by atoms with Crippen LogP contribution >= 0.6 is 0 Å². The van der Waals surface area contributed by atoms with Gasteiger partial charge in [-0.25, -0.2) is 0 Å². The molecule has 1 amide bonds. The van der Waals surface area contributed by atoms with Crippen LogP contribution in [0.15, 0.2) is 78.5 Å². The molecule has 2 atom stereocenters. The van der Waals surface area contributed by atoms with Gasteiger partial charge in [-0.1, -0.05) is 66.3 Å². The Kier molecular flexibility index (Phi) is 6.20. The average Bonchev–Trinajstić information content (AvgIpc) is 3.06. The number of hydrogen-bond donors (Lipinski definition) is 3. The summed E-state index contributed by atoms with van der Waals surface area (Å²) in [4.78, 5) is 25.8. The van der Waals surface area contributed by atoms with Crippen LogP contribution < -0.4 is 10.2 Å². The highest BCUT2D eigenvalue weighted by molar-refractivity contribution is 6.32. The van der Waals surface area contributed by atoms with Crippen LogP contribution in [-0.4, -0.2) is 40.3 Å². The number of aliphatic hydroxyl groups excluding tert-OH is 1. The third-order valence-corrected chi connectivity index (χ3v) is 6.14. The highest BCUT2D eigenvalue weighted by Crippen LogP contribution is 2.38. The number of carboxylic acids is 1. The molecule has 1 heterocycles. The van der Waals surface area contributed by atoms with Crippen molar-refractivity contribution in [2.24, 2.45) is 0 Å². The second-order valence-corrected chi connectivity index (χ2v) is 8.71. The van der Waals surface area contributed by atoms with Gasteiger partial charge < -0.3 is 20.4 Å². The number of benzene rings is 2. The van der Waals surface area contributed by atoms with Crippen molar-refractivity contribution in [3.8, 4) is 0 Å². The fourth-order valence-corrected chi connectivity index (χ4v) is 4.52. The number of carboxylic acid groups (broad SMARTS) is 1. The third-order valence-electron chi connectivity index (χ3n) is 6.14. The van der Waals surface area contributed by atoms with Gasteiger partial charge in [0, 0.05) is 24.7 Å². The predicted molar refractivity (Wildman–Crippen MR) is 129 cm³/mol. The normalized spacial score (nSPS) is 23.2. The van der Waals surface area contributed by atoms with Crippen molar-refractivity contribution in [1.82, 2.24) is 5.32 Å². The molecule has 33 heavy (non-hydrogen) atoms. The molecule has 170 valence electrons. The van der Waals surface area contributed by atoms with Crippen LogP contribution in [0.2, 0.25) is 0 Å². The van der Waals surface area contributed by atoms with E-state index < -0.39 is 17.6 Å². The van der Waals surface area contributed by atoms with Gasteiger partial charge in [0.25, 0.3) is 5.91 Å². The number of fused-ring (bicyclic) bond motifs is 1. The molecule has 0 saturated carbocycles. The minimum Gasteiger partial charge on any atom is -0.481 e. The van der Waals surface area contributed by atoms with Gasteiger partial charge in [-0.05, 0) is 37.5 Å². The van der Waals surface area contributed by atoms with Gasteiger partial charge in [0.2, 0.25) is 0 Å². The van der Waals surface area contributed by atoms with Crippen molar-refractivity contribution >= 4 is 28.7 Å². The first-order valence-corrected chi connectivity index (χ1v) is 11.1. The van der Waals surface area contributed by atoms with Crippen LogP contribution in [0.4, 0.5) is 5.69 Å². The maximum absolute atomic E-state index is 13.2. The third kappa shape index (κ3) is 4.47. The lowest BCUT2D eigenvalue weighted by molar-refractivity contribution is -0.137. The van der Waals surface area contributed by atoms with E-state index in [-0.39, 0.29) is 12.3 Å². The molecule has 0 fully saturated rings. The van der Waals surface area contributed by atoms with Crippen LogP contribution in [0.1, 0.15) is 37.8 Å². The Morgan fingerprint density at radius 3 is 2.58 bits per heavy atom. The monoisotopic (exact) mass is 444 g/mol. The first-order chi connectivity index (χ1) is 15.8. The molecule has 2 unspecified atom stereocenters. The fourth-order valence-electron chi connectivity index (χ4n) is 4.52. The lowest BCUT2D eigenvalue weighted by Crippen LogP contribution is -2.50. The Labute approximate surface area is 193 Å². The Hall–Kier alpha value is -3.64. The predicted octanol–water partition coefficient (Wildman–Crippen LogP) is 3.99. The Balaban J connectivity index is 1.61. The molecule has 0 bridgehead atoms. The van der Waals surface area contributed by atoms with E-state index in [2.05, 4.69) is 5.32 Å². The first-order valence-electron chi connectivity index (χ1n) is 11.1. The van der Waals surface area contributed by atoms with E-state index in [1.165, 1.54) is 0 Å². The summed E-state index contributed by atoms with van der Waals surface area (Å²) in [7, 11) is 0. The van der Waals surface area contributed by atoms with Crippen molar-refractivity contribution in [1.29, 1.82) is 0 Å². The van der Waals surface area contributed by atoms with E-state index >= 15 is 0 Å². The molecule has 0 aromatic heterocycles. The zero-order chi connectivity index (χ0) is 23.6. The van der Waals surface area contributed by atoms with E-state index in [4.69, 9.17) is 5.11 Å². The summed E-state index contributed by atoms with van der Waals surface area (Å²) in [6.45, 7) is 4.23. The number of aliphatic hydroxyl groups is 1. The maximum Gasteiger partial charge on any atom is 0.303 e. The van der Waals surface area contributed by atoms with E-state index in [0.29, 0.717) is 18.5 Å². The topological polar surface area (TPSA) is 89.9 Å². The highest BCUT2D eigenvalue weighted by atomic mass is 16.4. The van der Waals surface area contributed by atoms with Crippen molar-refractivity contribution in [2.75, 3.05) is 11.4 Å². The lowest BCUT2D eigenvalue weighted by atomic mass is 9.80. The van der Waals surface area contributed by atoms with E-state index in [0.717, 1.165) is 28.0 Å². The van der Waals surface area contributed by atoms with Crippen molar-refractivity contribution in [3.05, 3.63) is 89.6 Å². The minimum atomic E-state index is -0.879. The number of nitrogens with zero attached hydrogens (tertiary/aromatic N) is 1. The summed E-state index contributed by atoms with van der Waals surface area (Å²) in [5.41, 5.74) is 4.02. The number of amides is 1. The zero-order valence-electron chi connectivity index (χ0n) is 18.8. The first kappa shape index (κ1) is 22.6. The second-order valence-electron chi connectivity index (χ2n) is 8.71. The maximum atomic E-state index is 13.2. The van der Waals surface area contributed by atoms with Crippen molar-refractivity contribution in [2.45, 2.75) is 38.3 Å². The molecule has 0 radical (unpaired) electrons. The SMILES string of the molecule is CC1=CC(C)(NC=C2C(=O)N(CCCC(=O)O)c3ccccc32)C(O)C(c2ccccc2)=C1. The Morgan fingerprint density at radius 2 is 1.85 bits per heavy atom. The second kappa shape index (κ2) is 9.08. The molecule has 4 rings (SSSR count). The molecule has 2 aromatic carbocycles. The van der Waals surface area contributed by atoms with Gasteiger partial charge in [-0.2, -0.15) is 0 Å². The van der Waals surface area contributed by atoms with Gasteiger partial charge >= 0.3 is 5.97 Å². The van der Waals surface area contributed by atoms with E-state index in [1.807, 2.05) is 80.6 Å². The summed E-state index contributed by atoms with van der Waals surface area (Å²) in [5.74, 6) is -1.06. The van der Waals surface area contributed by atoms with Gasteiger partial charge in [-0.15, -0.1) is 0 Å². The van der Waals surface area contributed by atoms with Crippen LogP contribution in [0, 0.1) is 0 Å². The number of rotatable bonds is 7. The molecule has 0 saturated heterocycles. The molecule has 6 nitrogen and oxygen atoms in total. The zero-order valence-corrected chi connectivity index (χ0v) is 18.8. The largest absolute Gasteiger partial charge is 0.481 e. The van der Waals surface area contributed by atoms with Crippen LogP contribution in [0.5, 0.6) is 0 Å².